The predicted molar refractivity (Wildman–Crippen MR) is 73.0 cm³/mol. The molecule has 2 nitrogen and oxygen atoms in total. The molecule has 20 heavy (non-hydrogen) atoms. The number of hydrogen-bond donors (Lipinski definition) is 0. The molecule has 4 heteroatoms. The Morgan fingerprint density at radius 2 is 1.85 bits per heavy atom. The molecule has 1 aliphatic rings. The number of fused-ring (bicyclic) bond motifs is 1. The van der Waals surface area contributed by atoms with Crippen molar-refractivity contribution in [1.82, 2.24) is 4.98 Å². The van der Waals surface area contributed by atoms with Crippen LogP contribution in [0.15, 0.2) is 36.7 Å². The van der Waals surface area contributed by atoms with Gasteiger partial charge < -0.3 is 0 Å². The monoisotopic (exact) mass is 275 g/mol. The van der Waals surface area contributed by atoms with Gasteiger partial charge in [-0.25, -0.2) is 8.78 Å². The first-order valence-corrected chi connectivity index (χ1v) is 6.82. The maximum absolute atomic E-state index is 13.2. The number of alkyl halides is 2. The lowest BCUT2D eigenvalue weighted by Gasteiger charge is -2.27. The van der Waals surface area contributed by atoms with E-state index >= 15 is 0 Å². The fourth-order valence-corrected chi connectivity index (χ4v) is 2.84. The first kappa shape index (κ1) is 13.2. The molecule has 0 atom stereocenters. The summed E-state index contributed by atoms with van der Waals surface area (Å²) in [5, 5.41) is 1.75. The van der Waals surface area contributed by atoms with E-state index in [0.717, 1.165) is 10.8 Å². The molecule has 0 bridgehead atoms. The highest BCUT2D eigenvalue weighted by Gasteiger charge is 2.37. The Kier molecular flexibility index (Phi) is 3.24. The quantitative estimate of drug-likeness (QED) is 0.767. The zero-order valence-electron chi connectivity index (χ0n) is 11.0. The van der Waals surface area contributed by atoms with Crippen LogP contribution in [-0.2, 0) is 0 Å². The number of rotatable bonds is 2. The van der Waals surface area contributed by atoms with Crippen molar-refractivity contribution in [2.75, 3.05) is 0 Å². The van der Waals surface area contributed by atoms with E-state index in [4.69, 9.17) is 0 Å². The second-order valence-electron chi connectivity index (χ2n) is 5.40. The topological polar surface area (TPSA) is 30.0 Å². The van der Waals surface area contributed by atoms with Crippen LogP contribution in [0.25, 0.3) is 10.8 Å². The van der Waals surface area contributed by atoms with Crippen molar-refractivity contribution in [2.24, 2.45) is 5.92 Å². The Balaban J connectivity index is 1.90. The van der Waals surface area contributed by atoms with Gasteiger partial charge in [0.1, 0.15) is 0 Å². The highest BCUT2D eigenvalue weighted by molar-refractivity contribution is 6.08. The number of halogens is 2. The summed E-state index contributed by atoms with van der Waals surface area (Å²) in [5.74, 6) is -2.96. The van der Waals surface area contributed by atoms with Gasteiger partial charge in [0.25, 0.3) is 0 Å². The van der Waals surface area contributed by atoms with E-state index in [1.54, 1.807) is 12.4 Å². The molecule has 1 saturated carbocycles. The van der Waals surface area contributed by atoms with Gasteiger partial charge in [0.05, 0.1) is 0 Å². The van der Waals surface area contributed by atoms with Crippen LogP contribution in [0.2, 0.25) is 0 Å². The smallest absolute Gasteiger partial charge is 0.248 e. The number of carbonyl (C=O) groups is 1. The lowest BCUT2D eigenvalue weighted by Crippen LogP contribution is -2.28. The third-order valence-electron chi connectivity index (χ3n) is 4.02. The number of nitrogens with zero attached hydrogens (tertiary/aromatic N) is 1. The minimum absolute atomic E-state index is 0.0511. The molecule has 0 saturated heterocycles. The number of hydrogen-bond acceptors (Lipinski definition) is 2. The van der Waals surface area contributed by atoms with Crippen LogP contribution in [0, 0.1) is 5.92 Å². The predicted octanol–water partition coefficient (Wildman–Crippen LogP) is 4.24. The zero-order chi connectivity index (χ0) is 14.2. The van der Waals surface area contributed by atoms with Gasteiger partial charge in [-0.15, -0.1) is 0 Å². The fourth-order valence-electron chi connectivity index (χ4n) is 2.84. The zero-order valence-corrected chi connectivity index (χ0v) is 11.0. The molecule has 1 aliphatic carbocycles. The van der Waals surface area contributed by atoms with Crippen LogP contribution in [0.1, 0.15) is 36.0 Å². The van der Waals surface area contributed by atoms with Crippen LogP contribution in [0.3, 0.4) is 0 Å². The summed E-state index contributed by atoms with van der Waals surface area (Å²) in [6.45, 7) is 0. The van der Waals surface area contributed by atoms with Crippen LogP contribution < -0.4 is 0 Å². The highest BCUT2D eigenvalue weighted by atomic mass is 19.3. The van der Waals surface area contributed by atoms with E-state index in [1.165, 1.54) is 0 Å². The van der Waals surface area contributed by atoms with Gasteiger partial charge in [0.2, 0.25) is 5.92 Å². The van der Waals surface area contributed by atoms with Gasteiger partial charge in [-0.05, 0) is 18.2 Å². The standard InChI is InChI=1S/C16H15F2NO/c17-16(18)7-5-11(6-8-16)15(20)14-10-19-9-12-3-1-2-4-13(12)14/h1-4,9-11H,5-8H2. The molecule has 0 spiro atoms. The summed E-state index contributed by atoms with van der Waals surface area (Å²) in [4.78, 5) is 16.6. The molecule has 0 aliphatic heterocycles. The van der Waals surface area contributed by atoms with Crippen molar-refractivity contribution >= 4 is 16.6 Å². The Bertz CT molecular complexity index is 638. The molecule has 1 heterocycles. The van der Waals surface area contributed by atoms with E-state index in [1.807, 2.05) is 24.3 Å². The number of benzene rings is 1. The summed E-state index contributed by atoms with van der Waals surface area (Å²) < 4.78 is 26.3. The van der Waals surface area contributed by atoms with Gasteiger partial charge in [0, 0.05) is 42.1 Å². The number of Topliss-reactive ketones (excluding diaryl/α,β-unsaturated/α-hetero) is 1. The Morgan fingerprint density at radius 1 is 1.15 bits per heavy atom. The van der Waals surface area contributed by atoms with E-state index in [2.05, 4.69) is 4.98 Å². The number of carbonyl (C=O) groups excluding carboxylic acids is 1. The number of pyridine rings is 1. The summed E-state index contributed by atoms with van der Waals surface area (Å²) in [7, 11) is 0. The fraction of sp³-hybridized carbons (Fsp3) is 0.375. The Morgan fingerprint density at radius 3 is 2.60 bits per heavy atom. The van der Waals surface area contributed by atoms with Crippen molar-refractivity contribution in [1.29, 1.82) is 0 Å². The van der Waals surface area contributed by atoms with Crippen molar-refractivity contribution in [3.8, 4) is 0 Å². The largest absolute Gasteiger partial charge is 0.294 e. The van der Waals surface area contributed by atoms with E-state index in [9.17, 15) is 13.6 Å². The van der Waals surface area contributed by atoms with Crippen LogP contribution in [0.5, 0.6) is 0 Å². The molecule has 2 aromatic rings. The third kappa shape index (κ3) is 2.42. The average molecular weight is 275 g/mol. The maximum Gasteiger partial charge on any atom is 0.248 e. The SMILES string of the molecule is O=C(c1cncc2ccccc12)C1CCC(F)(F)CC1. The van der Waals surface area contributed by atoms with Crippen molar-refractivity contribution in [3.63, 3.8) is 0 Å². The molecular weight excluding hydrogens is 260 g/mol. The van der Waals surface area contributed by atoms with Crippen molar-refractivity contribution < 1.29 is 13.6 Å². The third-order valence-corrected chi connectivity index (χ3v) is 4.02. The highest BCUT2D eigenvalue weighted by Crippen LogP contribution is 2.37. The normalized spacial score (nSPS) is 19.1. The lowest BCUT2D eigenvalue weighted by atomic mass is 9.81. The second kappa shape index (κ2) is 4.93. The first-order chi connectivity index (χ1) is 9.57. The minimum Gasteiger partial charge on any atom is -0.294 e. The van der Waals surface area contributed by atoms with Gasteiger partial charge in [-0.1, -0.05) is 24.3 Å². The summed E-state index contributed by atoms with van der Waals surface area (Å²) in [6, 6.07) is 7.53. The van der Waals surface area contributed by atoms with Gasteiger partial charge in [0.15, 0.2) is 5.78 Å². The molecule has 0 radical (unpaired) electrons. The molecule has 3 rings (SSSR count). The van der Waals surface area contributed by atoms with Gasteiger partial charge >= 0.3 is 0 Å². The molecule has 1 fully saturated rings. The Hall–Kier alpha value is -1.84. The molecule has 1 aromatic heterocycles. The van der Waals surface area contributed by atoms with Crippen molar-refractivity contribution in [2.45, 2.75) is 31.6 Å². The molecular formula is C16H15F2NO. The molecule has 0 N–H and O–H groups in total. The van der Waals surface area contributed by atoms with Crippen molar-refractivity contribution in [3.05, 3.63) is 42.2 Å². The average Bonchev–Trinajstić information content (AvgIpc) is 2.46. The van der Waals surface area contributed by atoms with E-state index in [0.29, 0.717) is 5.56 Å². The summed E-state index contributed by atoms with van der Waals surface area (Å²) in [6.07, 6.45) is 3.39. The van der Waals surface area contributed by atoms with Crippen LogP contribution >= 0.6 is 0 Å². The van der Waals surface area contributed by atoms with E-state index in [-0.39, 0.29) is 37.4 Å². The molecule has 104 valence electrons. The van der Waals surface area contributed by atoms with Crippen LogP contribution in [-0.4, -0.2) is 16.7 Å². The second-order valence-corrected chi connectivity index (χ2v) is 5.40. The van der Waals surface area contributed by atoms with Gasteiger partial charge in [-0.2, -0.15) is 0 Å². The number of aromatic nitrogens is 1. The summed E-state index contributed by atoms with van der Waals surface area (Å²) >= 11 is 0. The lowest BCUT2D eigenvalue weighted by molar-refractivity contribution is -0.0424. The maximum atomic E-state index is 13.2. The molecule has 0 unspecified atom stereocenters. The van der Waals surface area contributed by atoms with Gasteiger partial charge in [-0.3, -0.25) is 9.78 Å². The molecule has 1 aromatic carbocycles. The minimum atomic E-state index is -2.60. The molecule has 0 amide bonds. The Labute approximate surface area is 115 Å². The first-order valence-electron chi connectivity index (χ1n) is 6.82. The van der Waals surface area contributed by atoms with E-state index < -0.39 is 5.92 Å². The number of ketones is 1. The van der Waals surface area contributed by atoms with Crippen LogP contribution in [0.4, 0.5) is 8.78 Å². The summed E-state index contributed by atoms with van der Waals surface area (Å²) in [5.41, 5.74) is 0.554.